The minimum atomic E-state index is -0.506. The molecule has 1 aliphatic carbocycles. The predicted octanol–water partition coefficient (Wildman–Crippen LogP) is 21.7. The molecular weight excluding hydrogens is 877 g/mol. The van der Waals surface area contributed by atoms with Crippen molar-refractivity contribution in [3.63, 3.8) is 0 Å². The zero-order valence-corrected chi connectivity index (χ0v) is 48.0. The molecule has 0 aromatic heterocycles. The molecule has 73 heavy (non-hydrogen) atoms. The molecule has 0 unspecified atom stereocenters. The molecule has 8 rings (SSSR count). The van der Waals surface area contributed by atoms with Gasteiger partial charge in [-0.2, -0.15) is 0 Å². The molecule has 0 atom stereocenters. The van der Waals surface area contributed by atoms with E-state index in [-0.39, 0.29) is 10.8 Å². The minimum absolute atomic E-state index is 0.0165. The highest BCUT2D eigenvalue weighted by Gasteiger charge is 2.47. The molecule has 7 aromatic carbocycles. The summed E-state index contributed by atoms with van der Waals surface area (Å²) in [7, 11) is 0. The van der Waals surface area contributed by atoms with E-state index in [0.29, 0.717) is 0 Å². The van der Waals surface area contributed by atoms with E-state index in [1.165, 1.54) is 213 Å². The minimum Gasteiger partial charge on any atom is -0.0654 e. The number of unbranched alkanes of at least 4 members (excludes halogenated alkanes) is 12. The van der Waals surface area contributed by atoms with Gasteiger partial charge in [0.25, 0.3) is 0 Å². The molecule has 0 saturated carbocycles. The predicted molar refractivity (Wildman–Crippen MR) is 322 cm³/mol. The highest BCUT2D eigenvalue weighted by molar-refractivity contribution is 6.15. The van der Waals surface area contributed by atoms with Crippen molar-refractivity contribution in [2.24, 2.45) is 0 Å². The summed E-state index contributed by atoms with van der Waals surface area (Å²) in [4.78, 5) is 0. The van der Waals surface area contributed by atoms with Crippen LogP contribution in [0.5, 0.6) is 0 Å². The van der Waals surface area contributed by atoms with Gasteiger partial charge in [-0.1, -0.05) is 249 Å². The van der Waals surface area contributed by atoms with Gasteiger partial charge in [0.2, 0.25) is 0 Å². The quantitative estimate of drug-likeness (QED) is 0.0443. The van der Waals surface area contributed by atoms with E-state index in [2.05, 4.69) is 192 Å². The largest absolute Gasteiger partial charge is 0.0714 e. The third-order valence-electron chi connectivity index (χ3n) is 16.9. The third kappa shape index (κ3) is 11.8. The summed E-state index contributed by atoms with van der Waals surface area (Å²) in [5, 5.41) is 5.45. The van der Waals surface area contributed by atoms with Gasteiger partial charge in [-0.25, -0.2) is 0 Å². The Kier molecular flexibility index (Phi) is 17.7. The normalized spacial score (nSPS) is 13.3. The van der Waals surface area contributed by atoms with Crippen LogP contribution in [0.15, 0.2) is 109 Å². The van der Waals surface area contributed by atoms with Crippen molar-refractivity contribution < 1.29 is 0 Å². The third-order valence-corrected chi connectivity index (χ3v) is 16.9. The van der Waals surface area contributed by atoms with Crippen molar-refractivity contribution >= 4 is 21.5 Å². The Labute approximate surface area is 445 Å². The standard InChI is InChI=1S/C73H94/c1-13-17-21-25-29-53-42-54(30-26-22-18-14-2)45-60(44-53)73(61-46-55(31-27-23-19-15-3)43-56(47-61)32-28-24-20-16-4)68-41-51(5)33-37-63(68)64-38-34-57(48-69(64)73)70-65-40-36-58(71(7,8)9)49-66(65)52(6)62-39-35-59(50-67(62)70)72(10,11)12/h33-50H,13-32H2,1-12H3. The van der Waals surface area contributed by atoms with E-state index in [1.807, 2.05) is 0 Å². The fourth-order valence-electron chi connectivity index (χ4n) is 12.6. The van der Waals surface area contributed by atoms with Crippen LogP contribution in [0, 0.1) is 13.8 Å². The van der Waals surface area contributed by atoms with Crippen LogP contribution in [0.4, 0.5) is 0 Å². The second-order valence-corrected chi connectivity index (χ2v) is 24.9. The Bertz CT molecular complexity index is 2860. The molecule has 0 bridgehead atoms. The van der Waals surface area contributed by atoms with Gasteiger partial charge in [0, 0.05) is 0 Å². The number of aryl methyl sites for hydroxylation is 6. The Morgan fingerprint density at radius 2 is 0.767 bits per heavy atom. The first-order chi connectivity index (χ1) is 35.1. The zero-order chi connectivity index (χ0) is 51.9. The van der Waals surface area contributed by atoms with E-state index < -0.39 is 5.41 Å². The van der Waals surface area contributed by atoms with Gasteiger partial charge < -0.3 is 0 Å². The second-order valence-electron chi connectivity index (χ2n) is 24.9. The van der Waals surface area contributed by atoms with Crippen LogP contribution in [-0.2, 0) is 41.9 Å². The lowest BCUT2D eigenvalue weighted by Gasteiger charge is -2.36. The SMILES string of the molecule is CCCCCCc1cc(CCCCCC)cc(C2(c3cc(CCCCCC)cc(CCCCCC)c3)c3cc(C)ccc3-c3ccc(-c4c5ccc(C(C)(C)C)cc5c(C)c5ccc(C(C)(C)C)cc45)cc32)c1. The number of hydrogen-bond donors (Lipinski definition) is 0. The molecule has 0 aliphatic heterocycles. The van der Waals surface area contributed by atoms with Crippen LogP contribution < -0.4 is 0 Å². The fourth-order valence-corrected chi connectivity index (χ4v) is 12.6. The van der Waals surface area contributed by atoms with Crippen LogP contribution in [0.3, 0.4) is 0 Å². The highest BCUT2D eigenvalue weighted by atomic mass is 14.5. The van der Waals surface area contributed by atoms with Gasteiger partial charge in [0.05, 0.1) is 5.41 Å². The fraction of sp³-hybridized carbons (Fsp3) is 0.479. The van der Waals surface area contributed by atoms with E-state index in [9.17, 15) is 0 Å². The van der Waals surface area contributed by atoms with Gasteiger partial charge in [0.15, 0.2) is 0 Å². The molecule has 1 aliphatic rings. The molecule has 0 saturated heterocycles. The monoisotopic (exact) mass is 971 g/mol. The molecule has 0 nitrogen and oxygen atoms in total. The Hall–Kier alpha value is -4.94. The lowest BCUT2D eigenvalue weighted by Crippen LogP contribution is -2.30. The molecule has 0 N–H and O–H groups in total. The van der Waals surface area contributed by atoms with Gasteiger partial charge in [0.1, 0.15) is 0 Å². The maximum absolute atomic E-state index is 2.71. The van der Waals surface area contributed by atoms with E-state index in [1.54, 1.807) is 0 Å². The number of rotatable bonds is 23. The molecule has 7 aromatic rings. The van der Waals surface area contributed by atoms with Crippen molar-refractivity contribution in [3.05, 3.63) is 176 Å². The smallest absolute Gasteiger partial charge is 0.0654 e. The maximum Gasteiger partial charge on any atom is 0.0714 e. The van der Waals surface area contributed by atoms with Gasteiger partial charge in [-0.15, -0.1) is 0 Å². The van der Waals surface area contributed by atoms with Gasteiger partial charge >= 0.3 is 0 Å². The van der Waals surface area contributed by atoms with Gasteiger partial charge in [-0.3, -0.25) is 0 Å². The summed E-state index contributed by atoms with van der Waals surface area (Å²) in [5.41, 5.74) is 22.4. The molecule has 0 radical (unpaired) electrons. The topological polar surface area (TPSA) is 0 Å². The second kappa shape index (κ2) is 23.7. The number of hydrogen-bond acceptors (Lipinski definition) is 0. The highest BCUT2D eigenvalue weighted by Crippen LogP contribution is 2.58. The van der Waals surface area contributed by atoms with Crippen LogP contribution >= 0.6 is 0 Å². The lowest BCUT2D eigenvalue weighted by molar-refractivity contribution is 0.590. The molecule has 386 valence electrons. The Morgan fingerprint density at radius 1 is 0.356 bits per heavy atom. The summed E-state index contributed by atoms with van der Waals surface area (Å²) in [6, 6.07) is 46.0. The molecule has 0 heterocycles. The summed E-state index contributed by atoms with van der Waals surface area (Å²) < 4.78 is 0. The van der Waals surface area contributed by atoms with Crippen molar-refractivity contribution in [1.82, 2.24) is 0 Å². The number of fused-ring (bicyclic) bond motifs is 5. The molecule has 0 amide bonds. The summed E-state index contributed by atoms with van der Waals surface area (Å²) in [6.07, 6.45) is 24.9. The summed E-state index contributed by atoms with van der Waals surface area (Å²) in [6.45, 7) is 28.2. The Morgan fingerprint density at radius 3 is 1.21 bits per heavy atom. The van der Waals surface area contributed by atoms with Crippen LogP contribution in [0.2, 0.25) is 0 Å². The first kappa shape index (κ1) is 54.3. The van der Waals surface area contributed by atoms with Crippen LogP contribution in [-0.4, -0.2) is 0 Å². The Balaban J connectivity index is 1.49. The van der Waals surface area contributed by atoms with Crippen molar-refractivity contribution in [1.29, 1.82) is 0 Å². The van der Waals surface area contributed by atoms with Crippen LogP contribution in [0.25, 0.3) is 43.8 Å². The number of benzene rings is 7. The average Bonchev–Trinajstić information content (AvgIpc) is 3.65. The lowest BCUT2D eigenvalue weighted by atomic mass is 9.65. The molecule has 0 heteroatoms. The summed E-state index contributed by atoms with van der Waals surface area (Å²) >= 11 is 0. The zero-order valence-electron chi connectivity index (χ0n) is 48.0. The average molecular weight is 972 g/mol. The van der Waals surface area contributed by atoms with Crippen LogP contribution in [0.1, 0.15) is 239 Å². The van der Waals surface area contributed by atoms with E-state index >= 15 is 0 Å². The maximum atomic E-state index is 2.71. The van der Waals surface area contributed by atoms with Gasteiger partial charge in [-0.05, 0) is 193 Å². The van der Waals surface area contributed by atoms with Crippen molar-refractivity contribution in [2.75, 3.05) is 0 Å². The van der Waals surface area contributed by atoms with Crippen molar-refractivity contribution in [3.8, 4) is 22.3 Å². The molecule has 0 fully saturated rings. The van der Waals surface area contributed by atoms with E-state index in [0.717, 1.165) is 25.7 Å². The van der Waals surface area contributed by atoms with E-state index in [4.69, 9.17) is 0 Å². The van der Waals surface area contributed by atoms with Crippen molar-refractivity contribution in [2.45, 2.75) is 228 Å². The first-order valence-electron chi connectivity index (χ1n) is 29.7. The molecular formula is C73H94. The first-order valence-corrected chi connectivity index (χ1v) is 29.7. The molecule has 0 spiro atoms. The summed E-state index contributed by atoms with van der Waals surface area (Å²) in [5.74, 6) is 0.